The van der Waals surface area contributed by atoms with Crippen LogP contribution in [0.3, 0.4) is 0 Å². The Morgan fingerprint density at radius 1 is 1.35 bits per heavy atom. The van der Waals surface area contributed by atoms with Crippen molar-refractivity contribution in [2.75, 3.05) is 7.11 Å². The van der Waals surface area contributed by atoms with Crippen LogP contribution in [0.1, 0.15) is 29.9 Å². The largest absolute Gasteiger partial charge is 0.493 e. The number of halogens is 2. The molecule has 2 aromatic rings. The molecule has 0 amide bonds. The van der Waals surface area contributed by atoms with E-state index in [0.717, 1.165) is 11.5 Å². The Labute approximate surface area is 147 Å². The van der Waals surface area contributed by atoms with Crippen LogP contribution in [0, 0.1) is 0 Å². The van der Waals surface area contributed by atoms with Gasteiger partial charge in [-0.15, -0.1) is 5.10 Å². The number of nitrogens with zero attached hydrogens (tertiary/aromatic N) is 2. The van der Waals surface area contributed by atoms with E-state index in [2.05, 4.69) is 9.59 Å². The van der Waals surface area contributed by atoms with Crippen molar-refractivity contribution in [2.45, 2.75) is 26.6 Å². The van der Waals surface area contributed by atoms with Crippen molar-refractivity contribution < 1.29 is 19.0 Å². The molecule has 9 heteroatoms. The summed E-state index contributed by atoms with van der Waals surface area (Å²) >= 11 is 13.1. The fourth-order valence-electron chi connectivity index (χ4n) is 1.69. The fraction of sp³-hybridized carbons (Fsp3) is 0.357. The average molecular weight is 377 g/mol. The molecule has 0 saturated heterocycles. The van der Waals surface area contributed by atoms with Gasteiger partial charge in [-0.05, 0) is 26.0 Å². The Morgan fingerprint density at radius 2 is 2.09 bits per heavy atom. The number of esters is 1. The molecule has 0 saturated carbocycles. The second-order valence-corrected chi connectivity index (χ2v) is 6.49. The van der Waals surface area contributed by atoms with E-state index in [4.69, 9.17) is 37.4 Å². The molecule has 124 valence electrons. The summed E-state index contributed by atoms with van der Waals surface area (Å²) in [6.07, 6.45) is -0.0847. The summed E-state index contributed by atoms with van der Waals surface area (Å²) in [5, 5.41) is 4.03. The first kappa shape index (κ1) is 17.8. The molecule has 1 aromatic heterocycles. The van der Waals surface area contributed by atoms with Crippen LogP contribution < -0.4 is 9.47 Å². The molecule has 0 spiro atoms. The number of benzene rings is 1. The molecule has 1 aromatic carbocycles. The van der Waals surface area contributed by atoms with E-state index in [9.17, 15) is 4.79 Å². The number of rotatable bonds is 6. The van der Waals surface area contributed by atoms with Gasteiger partial charge < -0.3 is 14.2 Å². The number of carbonyl (C=O) groups is 1. The average Bonchev–Trinajstić information content (AvgIpc) is 2.91. The number of aromatic nitrogens is 2. The highest BCUT2D eigenvalue weighted by Gasteiger charge is 2.18. The van der Waals surface area contributed by atoms with Gasteiger partial charge in [-0.2, -0.15) is 0 Å². The number of ether oxygens (including phenoxy) is 3. The first-order valence-corrected chi connectivity index (χ1v) is 8.13. The Bertz CT molecular complexity index is 706. The zero-order valence-electron chi connectivity index (χ0n) is 12.6. The van der Waals surface area contributed by atoms with Gasteiger partial charge in [-0.3, -0.25) is 0 Å². The summed E-state index contributed by atoms with van der Waals surface area (Å²) in [5.74, 6) is 0.157. The van der Waals surface area contributed by atoms with Crippen LogP contribution in [-0.4, -0.2) is 28.8 Å². The molecular formula is C14H14Cl2N2O4S. The molecule has 23 heavy (non-hydrogen) atoms. The van der Waals surface area contributed by atoms with Gasteiger partial charge >= 0.3 is 5.97 Å². The molecule has 0 atom stereocenters. The second-order valence-electron chi connectivity index (χ2n) is 4.73. The first-order valence-electron chi connectivity index (χ1n) is 6.60. The Balaban J connectivity index is 2.17. The molecule has 0 bridgehead atoms. The van der Waals surface area contributed by atoms with E-state index in [1.807, 2.05) is 13.8 Å². The third-order valence-corrected chi connectivity index (χ3v) is 3.93. The lowest BCUT2D eigenvalue weighted by Gasteiger charge is -2.16. The molecule has 0 unspecified atom stereocenters. The van der Waals surface area contributed by atoms with Gasteiger partial charge in [-0.1, -0.05) is 27.7 Å². The van der Waals surface area contributed by atoms with E-state index in [1.54, 1.807) is 0 Å². The standard InChI is InChI=1S/C14H14Cl2N2O4S/c1-7(2)22-12-9(15)4-8(5-11(12)20-3)14(19)21-6-10-13(16)23-18-17-10/h4-5,7H,6H2,1-3H3. The minimum atomic E-state index is -0.578. The first-order chi connectivity index (χ1) is 10.9. The van der Waals surface area contributed by atoms with Gasteiger partial charge in [0.25, 0.3) is 0 Å². The summed E-state index contributed by atoms with van der Waals surface area (Å²) < 4.78 is 20.0. The molecule has 0 aliphatic carbocycles. The molecule has 0 aliphatic rings. The van der Waals surface area contributed by atoms with Crippen LogP contribution in [0.5, 0.6) is 11.5 Å². The Kier molecular flexibility index (Phi) is 6.04. The van der Waals surface area contributed by atoms with E-state index >= 15 is 0 Å². The second kappa shape index (κ2) is 7.81. The topological polar surface area (TPSA) is 70.5 Å². The lowest BCUT2D eigenvalue weighted by atomic mass is 10.2. The zero-order valence-corrected chi connectivity index (χ0v) is 15.0. The predicted molar refractivity (Wildman–Crippen MR) is 87.8 cm³/mol. The normalized spacial score (nSPS) is 10.7. The van der Waals surface area contributed by atoms with E-state index in [-0.39, 0.29) is 23.3 Å². The van der Waals surface area contributed by atoms with Crippen molar-refractivity contribution in [3.05, 3.63) is 32.7 Å². The van der Waals surface area contributed by atoms with E-state index < -0.39 is 5.97 Å². The summed E-state index contributed by atoms with van der Waals surface area (Å²) in [6.45, 7) is 3.66. The van der Waals surface area contributed by atoms with Gasteiger partial charge in [0.05, 0.1) is 23.8 Å². The zero-order chi connectivity index (χ0) is 17.0. The van der Waals surface area contributed by atoms with E-state index in [1.165, 1.54) is 19.2 Å². The smallest absolute Gasteiger partial charge is 0.338 e. The van der Waals surface area contributed by atoms with Crippen molar-refractivity contribution in [2.24, 2.45) is 0 Å². The van der Waals surface area contributed by atoms with Crippen LogP contribution >= 0.6 is 34.7 Å². The van der Waals surface area contributed by atoms with Crippen LogP contribution in [0.15, 0.2) is 12.1 Å². The van der Waals surface area contributed by atoms with Gasteiger partial charge in [0.1, 0.15) is 16.6 Å². The molecule has 2 rings (SSSR count). The van der Waals surface area contributed by atoms with Crippen LogP contribution in [-0.2, 0) is 11.3 Å². The third kappa shape index (κ3) is 4.46. The third-order valence-electron chi connectivity index (χ3n) is 2.67. The van der Waals surface area contributed by atoms with Gasteiger partial charge in [0.2, 0.25) is 0 Å². The molecule has 0 N–H and O–H groups in total. The fourth-order valence-corrected chi connectivity index (χ4v) is 2.54. The van der Waals surface area contributed by atoms with Gasteiger partial charge in [0, 0.05) is 11.5 Å². The van der Waals surface area contributed by atoms with Crippen molar-refractivity contribution in [1.29, 1.82) is 0 Å². The maximum absolute atomic E-state index is 12.1. The van der Waals surface area contributed by atoms with Crippen molar-refractivity contribution >= 4 is 40.7 Å². The molecule has 1 heterocycles. The van der Waals surface area contributed by atoms with E-state index in [0.29, 0.717) is 21.5 Å². The number of carbonyl (C=O) groups excluding carboxylic acids is 1. The number of hydrogen-bond acceptors (Lipinski definition) is 7. The molecule has 0 aliphatic heterocycles. The minimum Gasteiger partial charge on any atom is -0.493 e. The maximum atomic E-state index is 12.1. The van der Waals surface area contributed by atoms with Crippen molar-refractivity contribution in [3.63, 3.8) is 0 Å². The quantitative estimate of drug-likeness (QED) is 0.709. The monoisotopic (exact) mass is 376 g/mol. The van der Waals surface area contributed by atoms with Gasteiger partial charge in [0.15, 0.2) is 11.5 Å². The van der Waals surface area contributed by atoms with Crippen LogP contribution in [0.4, 0.5) is 0 Å². The highest BCUT2D eigenvalue weighted by molar-refractivity contribution is 7.10. The summed E-state index contributed by atoms with van der Waals surface area (Å²) in [4.78, 5) is 12.1. The molecule has 6 nitrogen and oxygen atoms in total. The van der Waals surface area contributed by atoms with Crippen LogP contribution in [0.2, 0.25) is 9.36 Å². The summed E-state index contributed by atoms with van der Waals surface area (Å²) in [6, 6.07) is 2.97. The van der Waals surface area contributed by atoms with Gasteiger partial charge in [-0.25, -0.2) is 4.79 Å². The number of hydrogen-bond donors (Lipinski definition) is 0. The highest BCUT2D eigenvalue weighted by Crippen LogP contribution is 2.37. The lowest BCUT2D eigenvalue weighted by Crippen LogP contribution is -2.10. The Hall–Kier alpha value is -1.57. The van der Waals surface area contributed by atoms with Crippen molar-refractivity contribution in [3.8, 4) is 11.5 Å². The summed E-state index contributed by atoms with van der Waals surface area (Å²) in [5.41, 5.74) is 0.644. The molecule has 0 radical (unpaired) electrons. The minimum absolute atomic E-state index is 0.0711. The molecular weight excluding hydrogens is 363 g/mol. The molecule has 0 fully saturated rings. The Morgan fingerprint density at radius 3 is 2.65 bits per heavy atom. The summed E-state index contributed by atoms with van der Waals surface area (Å²) in [7, 11) is 1.47. The highest BCUT2D eigenvalue weighted by atomic mass is 35.5. The van der Waals surface area contributed by atoms with Crippen LogP contribution in [0.25, 0.3) is 0 Å². The number of methoxy groups -OCH3 is 1. The predicted octanol–water partition coefficient (Wildman–Crippen LogP) is 4.00. The lowest BCUT2D eigenvalue weighted by molar-refractivity contribution is 0.0467. The maximum Gasteiger partial charge on any atom is 0.338 e. The SMILES string of the molecule is COc1cc(C(=O)OCc2nnsc2Cl)cc(Cl)c1OC(C)C. The van der Waals surface area contributed by atoms with Crippen molar-refractivity contribution in [1.82, 2.24) is 9.59 Å².